The zero-order chi connectivity index (χ0) is 21.0. The zero-order valence-electron chi connectivity index (χ0n) is 16.3. The molecule has 29 heavy (non-hydrogen) atoms. The van der Waals surface area contributed by atoms with Crippen LogP contribution in [0.15, 0.2) is 42.5 Å². The Morgan fingerprint density at radius 2 is 1.76 bits per heavy atom. The van der Waals surface area contributed by atoms with Gasteiger partial charge in [-0.1, -0.05) is 37.6 Å². The third-order valence-corrected chi connectivity index (χ3v) is 4.86. The van der Waals surface area contributed by atoms with Gasteiger partial charge in [-0.2, -0.15) is 0 Å². The van der Waals surface area contributed by atoms with Crippen molar-refractivity contribution in [2.75, 3.05) is 19.8 Å². The quantitative estimate of drug-likeness (QED) is 0.366. The molecule has 3 rings (SSSR count). The summed E-state index contributed by atoms with van der Waals surface area (Å²) in [7, 11) is 0. The number of carbonyl (C=O) groups excluding carboxylic acids is 3. The lowest BCUT2D eigenvalue weighted by Gasteiger charge is -2.14. The summed E-state index contributed by atoms with van der Waals surface area (Å²) in [5.74, 6) is -0.399. The molecule has 0 N–H and O–H groups in total. The van der Waals surface area contributed by atoms with Gasteiger partial charge in [0, 0.05) is 6.54 Å². The minimum Gasteiger partial charge on any atom is -0.488 e. The maximum Gasteiger partial charge on any atom is 0.338 e. The van der Waals surface area contributed by atoms with Crippen LogP contribution in [-0.4, -0.2) is 42.4 Å². The minimum atomic E-state index is -0.587. The number of esters is 1. The standard InChI is InChI=1S/C22H22ClNO5/c1-14(2)9-10-24-20(25)16-8-7-15(13-17(16)21(24)26)22(27)29-12-11-28-19-6-4-3-5-18(19)23/h3-8,13-14H,9-12H2,1-2H3. The third kappa shape index (κ3) is 4.77. The zero-order valence-corrected chi connectivity index (χ0v) is 17.1. The van der Waals surface area contributed by atoms with Gasteiger partial charge in [0.25, 0.3) is 11.8 Å². The van der Waals surface area contributed by atoms with E-state index in [2.05, 4.69) is 0 Å². The first-order chi connectivity index (χ1) is 13.9. The fourth-order valence-corrected chi connectivity index (χ4v) is 3.13. The SMILES string of the molecule is CC(C)CCN1C(=O)c2ccc(C(=O)OCCOc3ccccc3Cl)cc2C1=O. The first-order valence-electron chi connectivity index (χ1n) is 9.43. The smallest absolute Gasteiger partial charge is 0.338 e. The lowest BCUT2D eigenvalue weighted by Crippen LogP contribution is -2.31. The van der Waals surface area contributed by atoms with Gasteiger partial charge < -0.3 is 9.47 Å². The van der Waals surface area contributed by atoms with Crippen molar-refractivity contribution in [2.24, 2.45) is 5.92 Å². The van der Waals surface area contributed by atoms with Crippen LogP contribution in [-0.2, 0) is 4.74 Å². The van der Waals surface area contributed by atoms with E-state index in [-0.39, 0.29) is 36.2 Å². The Labute approximate surface area is 174 Å². The van der Waals surface area contributed by atoms with Crippen molar-refractivity contribution < 1.29 is 23.9 Å². The molecule has 0 fully saturated rings. The van der Waals surface area contributed by atoms with Gasteiger partial charge in [0.2, 0.25) is 0 Å². The molecule has 0 unspecified atom stereocenters. The fraction of sp³-hybridized carbons (Fsp3) is 0.318. The van der Waals surface area contributed by atoms with Crippen molar-refractivity contribution in [3.8, 4) is 5.75 Å². The molecule has 0 atom stereocenters. The summed E-state index contributed by atoms with van der Waals surface area (Å²) in [6.45, 7) is 4.59. The number of benzene rings is 2. The Hall–Kier alpha value is -2.86. The van der Waals surface area contributed by atoms with E-state index in [1.165, 1.54) is 23.1 Å². The molecule has 1 aliphatic rings. The summed E-state index contributed by atoms with van der Waals surface area (Å²) < 4.78 is 10.7. The van der Waals surface area contributed by atoms with Crippen LogP contribution in [0.3, 0.4) is 0 Å². The molecule has 0 bridgehead atoms. The van der Waals surface area contributed by atoms with E-state index in [9.17, 15) is 14.4 Å². The summed E-state index contributed by atoms with van der Waals surface area (Å²) >= 11 is 6.00. The number of nitrogens with zero attached hydrogens (tertiary/aromatic N) is 1. The van der Waals surface area contributed by atoms with E-state index in [1.807, 2.05) is 13.8 Å². The first-order valence-corrected chi connectivity index (χ1v) is 9.81. The number of amides is 2. The summed E-state index contributed by atoms with van der Waals surface area (Å²) in [6.07, 6.45) is 0.728. The molecule has 2 aromatic rings. The van der Waals surface area contributed by atoms with E-state index in [0.29, 0.717) is 28.8 Å². The molecule has 1 heterocycles. The van der Waals surface area contributed by atoms with E-state index in [1.54, 1.807) is 24.3 Å². The summed E-state index contributed by atoms with van der Waals surface area (Å²) in [4.78, 5) is 38.5. The normalized spacial score (nSPS) is 13.0. The number of halogens is 1. The largest absolute Gasteiger partial charge is 0.488 e. The molecule has 0 saturated carbocycles. The highest BCUT2D eigenvalue weighted by Gasteiger charge is 2.35. The topological polar surface area (TPSA) is 72.9 Å². The molecule has 2 amide bonds. The number of fused-ring (bicyclic) bond motifs is 1. The minimum absolute atomic E-state index is 0.0224. The van der Waals surface area contributed by atoms with Crippen molar-refractivity contribution in [1.82, 2.24) is 4.90 Å². The van der Waals surface area contributed by atoms with Crippen LogP contribution in [0.1, 0.15) is 51.3 Å². The number of carbonyl (C=O) groups is 3. The van der Waals surface area contributed by atoms with Crippen LogP contribution in [0, 0.1) is 5.92 Å². The van der Waals surface area contributed by atoms with Crippen LogP contribution >= 0.6 is 11.6 Å². The molecule has 0 spiro atoms. The average Bonchev–Trinajstić information content (AvgIpc) is 2.94. The number of para-hydroxylation sites is 1. The monoisotopic (exact) mass is 415 g/mol. The summed E-state index contributed by atoms with van der Waals surface area (Å²) in [5.41, 5.74) is 0.770. The summed E-state index contributed by atoms with van der Waals surface area (Å²) in [6, 6.07) is 11.4. The van der Waals surface area contributed by atoms with Gasteiger partial charge in [-0.05, 0) is 42.7 Å². The van der Waals surface area contributed by atoms with E-state index in [4.69, 9.17) is 21.1 Å². The Morgan fingerprint density at radius 3 is 2.48 bits per heavy atom. The maximum absolute atomic E-state index is 12.6. The summed E-state index contributed by atoms with van der Waals surface area (Å²) in [5, 5.41) is 0.475. The molecule has 0 radical (unpaired) electrons. The van der Waals surface area contributed by atoms with E-state index >= 15 is 0 Å². The number of hydrogen-bond acceptors (Lipinski definition) is 5. The Bertz CT molecular complexity index is 941. The molecule has 0 saturated heterocycles. The third-order valence-electron chi connectivity index (χ3n) is 4.55. The van der Waals surface area contributed by atoms with Crippen molar-refractivity contribution >= 4 is 29.4 Å². The van der Waals surface area contributed by atoms with Gasteiger partial charge in [0.15, 0.2) is 0 Å². The second kappa shape index (κ2) is 9.09. The van der Waals surface area contributed by atoms with Crippen LogP contribution in [0.4, 0.5) is 0 Å². The van der Waals surface area contributed by atoms with Gasteiger partial charge in [0.1, 0.15) is 19.0 Å². The molecule has 0 aromatic heterocycles. The van der Waals surface area contributed by atoms with Crippen molar-refractivity contribution in [3.63, 3.8) is 0 Å². The molecule has 152 valence electrons. The maximum atomic E-state index is 12.6. The molecule has 6 nitrogen and oxygen atoms in total. The highest BCUT2D eigenvalue weighted by molar-refractivity contribution is 6.32. The second-order valence-corrected chi connectivity index (χ2v) is 7.53. The van der Waals surface area contributed by atoms with Crippen LogP contribution < -0.4 is 4.74 Å². The lowest BCUT2D eigenvalue weighted by atomic mass is 10.1. The molecular formula is C22H22ClNO5. The molecule has 2 aromatic carbocycles. The predicted octanol–water partition coefficient (Wildman–Crippen LogP) is 4.22. The van der Waals surface area contributed by atoms with Crippen LogP contribution in [0.25, 0.3) is 0 Å². The van der Waals surface area contributed by atoms with Gasteiger partial charge in [-0.15, -0.1) is 0 Å². The number of hydrogen-bond donors (Lipinski definition) is 0. The van der Waals surface area contributed by atoms with Gasteiger partial charge in [-0.25, -0.2) is 4.79 Å². The van der Waals surface area contributed by atoms with Crippen molar-refractivity contribution in [3.05, 3.63) is 64.2 Å². The van der Waals surface area contributed by atoms with Gasteiger partial charge >= 0.3 is 5.97 Å². The van der Waals surface area contributed by atoms with Gasteiger partial charge in [-0.3, -0.25) is 14.5 Å². The average molecular weight is 416 g/mol. The van der Waals surface area contributed by atoms with Gasteiger partial charge in [0.05, 0.1) is 21.7 Å². The van der Waals surface area contributed by atoms with Crippen molar-refractivity contribution in [1.29, 1.82) is 0 Å². The molecular weight excluding hydrogens is 394 g/mol. The Balaban J connectivity index is 1.59. The lowest BCUT2D eigenvalue weighted by molar-refractivity contribution is 0.0450. The number of rotatable bonds is 8. The first kappa shape index (κ1) is 20.9. The number of ether oxygens (including phenoxy) is 2. The van der Waals surface area contributed by atoms with Crippen molar-refractivity contribution in [2.45, 2.75) is 20.3 Å². The molecule has 7 heteroatoms. The Morgan fingerprint density at radius 1 is 1.03 bits per heavy atom. The highest BCUT2D eigenvalue weighted by atomic mass is 35.5. The van der Waals surface area contributed by atoms with E-state index < -0.39 is 5.97 Å². The molecule has 0 aliphatic carbocycles. The fourth-order valence-electron chi connectivity index (χ4n) is 2.94. The van der Waals surface area contributed by atoms with Crippen LogP contribution in [0.2, 0.25) is 5.02 Å². The predicted molar refractivity (Wildman–Crippen MR) is 108 cm³/mol. The number of imide groups is 1. The molecule has 1 aliphatic heterocycles. The second-order valence-electron chi connectivity index (χ2n) is 7.12. The Kier molecular flexibility index (Phi) is 6.54. The van der Waals surface area contributed by atoms with E-state index in [0.717, 1.165) is 6.42 Å². The highest BCUT2D eigenvalue weighted by Crippen LogP contribution is 2.25. The van der Waals surface area contributed by atoms with Crippen LogP contribution in [0.5, 0.6) is 5.75 Å².